The Hall–Kier alpha value is -2.03. The average molecular weight is 297 g/mol. The number of nitrogens with one attached hydrogen (secondary N) is 1. The van der Waals surface area contributed by atoms with Crippen molar-refractivity contribution in [3.8, 4) is 6.07 Å². The molecule has 1 aliphatic rings. The summed E-state index contributed by atoms with van der Waals surface area (Å²) in [5, 5.41) is 15.1. The molecule has 0 aliphatic carbocycles. The minimum absolute atomic E-state index is 0.320. The fourth-order valence-corrected chi connectivity index (χ4v) is 3.04. The number of hydrogen-bond acceptors (Lipinski definition) is 5. The molecule has 1 aliphatic heterocycles. The number of hydrogen-bond donors (Lipinski definition) is 2. The lowest BCUT2D eigenvalue weighted by Crippen LogP contribution is -2.28. The molecule has 20 heavy (non-hydrogen) atoms. The Balaban J connectivity index is 2.14. The highest BCUT2D eigenvalue weighted by Gasteiger charge is 2.22. The first kappa shape index (κ1) is 13.0. The van der Waals surface area contributed by atoms with Crippen LogP contribution in [0.5, 0.6) is 0 Å². The zero-order valence-corrected chi connectivity index (χ0v) is 12.2. The van der Waals surface area contributed by atoms with Gasteiger partial charge in [-0.3, -0.25) is 0 Å². The fourth-order valence-electron chi connectivity index (χ4n) is 2.09. The second-order valence-corrected chi connectivity index (χ2v) is 5.66. The number of benzene rings is 1. The third-order valence-corrected chi connectivity index (χ3v) is 4.21. The molecule has 0 saturated carbocycles. The van der Waals surface area contributed by atoms with E-state index in [2.05, 4.69) is 29.0 Å². The molecule has 0 spiro atoms. The van der Waals surface area contributed by atoms with Gasteiger partial charge in [0, 0.05) is 17.2 Å². The van der Waals surface area contributed by atoms with E-state index in [1.165, 1.54) is 0 Å². The van der Waals surface area contributed by atoms with E-state index in [4.69, 9.17) is 0 Å². The van der Waals surface area contributed by atoms with Gasteiger partial charge in [0.2, 0.25) is 0 Å². The minimum Gasteiger partial charge on any atom is -0.367 e. The summed E-state index contributed by atoms with van der Waals surface area (Å²) in [6.07, 6.45) is 3.74. The molecule has 98 valence electrons. The van der Waals surface area contributed by atoms with Crippen LogP contribution in [0.2, 0.25) is 0 Å². The SMILES string of the molecule is N#CC1=C(c2ccccc2)C=C(c2nccs2)NC1S. The van der Waals surface area contributed by atoms with Gasteiger partial charge >= 0.3 is 0 Å². The summed E-state index contributed by atoms with van der Waals surface area (Å²) in [4.78, 5) is 4.30. The maximum atomic E-state index is 9.37. The highest BCUT2D eigenvalue weighted by molar-refractivity contribution is 7.81. The van der Waals surface area contributed by atoms with E-state index in [1.54, 1.807) is 17.5 Å². The van der Waals surface area contributed by atoms with Crippen molar-refractivity contribution >= 4 is 35.2 Å². The first-order valence-corrected chi connectivity index (χ1v) is 7.45. The quantitative estimate of drug-likeness (QED) is 0.836. The van der Waals surface area contributed by atoms with Crippen LogP contribution in [0.3, 0.4) is 0 Å². The van der Waals surface area contributed by atoms with Gasteiger partial charge in [-0.2, -0.15) is 5.26 Å². The molecular weight excluding hydrogens is 286 g/mol. The van der Waals surface area contributed by atoms with Crippen LogP contribution in [0.15, 0.2) is 53.6 Å². The summed E-state index contributed by atoms with van der Waals surface area (Å²) in [5.41, 5.74) is 3.44. The van der Waals surface area contributed by atoms with Crippen LogP contribution in [0.1, 0.15) is 10.6 Å². The summed E-state index contributed by atoms with van der Waals surface area (Å²) >= 11 is 6.04. The van der Waals surface area contributed by atoms with Crippen LogP contribution < -0.4 is 5.32 Å². The molecule has 1 N–H and O–H groups in total. The standard InChI is InChI=1S/C15H11N3S2/c16-9-12-11(10-4-2-1-3-5-10)8-13(18-14(12)19)15-17-6-7-20-15/h1-8,14,18-19H. The predicted octanol–water partition coefficient (Wildman–Crippen LogP) is 3.32. The second-order valence-electron chi connectivity index (χ2n) is 4.25. The van der Waals surface area contributed by atoms with Gasteiger partial charge in [0.05, 0.1) is 17.3 Å². The van der Waals surface area contributed by atoms with Gasteiger partial charge in [0.15, 0.2) is 0 Å². The topological polar surface area (TPSA) is 48.7 Å². The largest absolute Gasteiger partial charge is 0.367 e. The van der Waals surface area contributed by atoms with Crippen molar-refractivity contribution in [3.05, 3.63) is 64.1 Å². The number of thiol groups is 1. The first-order chi connectivity index (χ1) is 9.79. The van der Waals surface area contributed by atoms with E-state index in [9.17, 15) is 5.26 Å². The Labute approximate surface area is 126 Å². The van der Waals surface area contributed by atoms with E-state index in [-0.39, 0.29) is 5.37 Å². The number of dihydropyridines is 1. The zero-order valence-electron chi connectivity index (χ0n) is 10.4. The van der Waals surface area contributed by atoms with E-state index in [1.807, 2.05) is 41.8 Å². The highest BCUT2D eigenvalue weighted by Crippen LogP contribution is 2.31. The number of rotatable bonds is 2. The molecule has 1 aromatic carbocycles. The van der Waals surface area contributed by atoms with Crippen molar-refractivity contribution in [2.45, 2.75) is 5.37 Å². The lowest BCUT2D eigenvalue weighted by molar-refractivity contribution is 0.913. The molecule has 0 saturated heterocycles. The van der Waals surface area contributed by atoms with Gasteiger partial charge in [-0.05, 0) is 11.6 Å². The number of nitrogens with zero attached hydrogens (tertiary/aromatic N) is 2. The molecule has 0 amide bonds. The zero-order chi connectivity index (χ0) is 13.9. The van der Waals surface area contributed by atoms with Crippen molar-refractivity contribution in [3.63, 3.8) is 0 Å². The summed E-state index contributed by atoms with van der Waals surface area (Å²) in [7, 11) is 0. The molecule has 3 rings (SSSR count). The molecule has 2 heterocycles. The number of aromatic nitrogens is 1. The third kappa shape index (κ3) is 2.36. The van der Waals surface area contributed by atoms with Crippen molar-refractivity contribution in [1.29, 1.82) is 5.26 Å². The van der Waals surface area contributed by atoms with Crippen molar-refractivity contribution < 1.29 is 0 Å². The molecule has 1 unspecified atom stereocenters. The summed E-state index contributed by atoms with van der Waals surface area (Å²) in [6, 6.07) is 12.1. The van der Waals surface area contributed by atoms with Crippen LogP contribution in [-0.2, 0) is 0 Å². The Bertz CT molecular complexity index is 709. The average Bonchev–Trinajstić information content (AvgIpc) is 3.01. The lowest BCUT2D eigenvalue weighted by atomic mass is 9.96. The minimum atomic E-state index is -0.320. The number of nitriles is 1. The van der Waals surface area contributed by atoms with E-state index in [0.29, 0.717) is 5.57 Å². The Morgan fingerprint density at radius 1 is 1.30 bits per heavy atom. The molecule has 2 aromatic rings. The first-order valence-electron chi connectivity index (χ1n) is 6.05. The Kier molecular flexibility index (Phi) is 3.59. The normalized spacial score (nSPS) is 18.2. The second kappa shape index (κ2) is 5.53. The monoisotopic (exact) mass is 297 g/mol. The highest BCUT2D eigenvalue weighted by atomic mass is 32.1. The van der Waals surface area contributed by atoms with Crippen LogP contribution in [-0.4, -0.2) is 10.4 Å². The molecule has 5 heteroatoms. The molecule has 0 fully saturated rings. The maximum Gasteiger partial charge on any atom is 0.139 e. The van der Waals surface area contributed by atoms with Crippen molar-refractivity contribution in [2.24, 2.45) is 0 Å². The van der Waals surface area contributed by atoms with E-state index in [0.717, 1.165) is 21.8 Å². The maximum absolute atomic E-state index is 9.37. The van der Waals surface area contributed by atoms with Crippen molar-refractivity contribution in [2.75, 3.05) is 0 Å². The van der Waals surface area contributed by atoms with Crippen molar-refractivity contribution in [1.82, 2.24) is 10.3 Å². The van der Waals surface area contributed by atoms with E-state index < -0.39 is 0 Å². The van der Waals surface area contributed by atoms with E-state index >= 15 is 0 Å². The summed E-state index contributed by atoms with van der Waals surface area (Å²) in [5.74, 6) is 0. The number of thiazole rings is 1. The van der Waals surface area contributed by atoms with Gasteiger partial charge in [-0.25, -0.2) is 4.98 Å². The van der Waals surface area contributed by atoms with Crippen LogP contribution >= 0.6 is 24.0 Å². The Morgan fingerprint density at radius 3 is 2.75 bits per heavy atom. The summed E-state index contributed by atoms with van der Waals surface area (Å²) < 4.78 is 0. The van der Waals surface area contributed by atoms with Gasteiger partial charge in [0.1, 0.15) is 10.4 Å². The van der Waals surface area contributed by atoms with Gasteiger partial charge in [-0.15, -0.1) is 24.0 Å². The fraction of sp³-hybridized carbons (Fsp3) is 0.0667. The molecule has 1 aromatic heterocycles. The third-order valence-electron chi connectivity index (χ3n) is 3.01. The van der Waals surface area contributed by atoms with Crippen LogP contribution in [0, 0.1) is 11.3 Å². The molecule has 1 atom stereocenters. The van der Waals surface area contributed by atoms with Gasteiger partial charge in [-0.1, -0.05) is 30.3 Å². The molecule has 0 radical (unpaired) electrons. The molecule has 0 bridgehead atoms. The molecular formula is C15H11N3S2. The van der Waals surface area contributed by atoms with Gasteiger partial charge < -0.3 is 5.32 Å². The number of allylic oxidation sites excluding steroid dienone is 2. The smallest absolute Gasteiger partial charge is 0.139 e. The van der Waals surface area contributed by atoms with Crippen LogP contribution in [0.4, 0.5) is 0 Å². The van der Waals surface area contributed by atoms with Gasteiger partial charge in [0.25, 0.3) is 0 Å². The lowest BCUT2D eigenvalue weighted by Gasteiger charge is -2.23. The Morgan fingerprint density at radius 2 is 2.10 bits per heavy atom. The predicted molar refractivity (Wildman–Crippen MR) is 85.0 cm³/mol. The van der Waals surface area contributed by atoms with Crippen LogP contribution in [0.25, 0.3) is 11.3 Å². The summed E-state index contributed by atoms with van der Waals surface area (Å²) in [6.45, 7) is 0. The molecule has 3 nitrogen and oxygen atoms in total.